The van der Waals surface area contributed by atoms with Crippen LogP contribution in [-0.2, 0) is 6.54 Å². The van der Waals surface area contributed by atoms with Gasteiger partial charge in [-0.3, -0.25) is 0 Å². The van der Waals surface area contributed by atoms with E-state index in [2.05, 4.69) is 9.97 Å². The Morgan fingerprint density at radius 2 is 1.88 bits per heavy atom. The largest absolute Gasteiger partial charge is 0.439 e. The van der Waals surface area contributed by atoms with Crippen molar-refractivity contribution >= 4 is 5.69 Å². The number of aromatic nitrogens is 2. The zero-order valence-electron chi connectivity index (χ0n) is 8.63. The van der Waals surface area contributed by atoms with Crippen molar-refractivity contribution in [3.63, 3.8) is 0 Å². The van der Waals surface area contributed by atoms with E-state index in [4.69, 9.17) is 16.2 Å². The maximum absolute atomic E-state index is 5.57. The number of benzene rings is 1. The highest BCUT2D eigenvalue weighted by Crippen LogP contribution is 2.19. The lowest BCUT2D eigenvalue weighted by molar-refractivity contribution is 0.458. The molecule has 0 unspecified atom stereocenters. The summed E-state index contributed by atoms with van der Waals surface area (Å²) in [4.78, 5) is 8.10. The minimum Gasteiger partial charge on any atom is -0.439 e. The third-order valence-electron chi connectivity index (χ3n) is 1.97. The third-order valence-corrected chi connectivity index (χ3v) is 1.97. The molecule has 0 atom stereocenters. The molecule has 0 radical (unpaired) electrons. The first-order valence-electron chi connectivity index (χ1n) is 4.83. The Morgan fingerprint density at radius 1 is 1.12 bits per heavy atom. The predicted molar refractivity (Wildman–Crippen MR) is 60.9 cm³/mol. The Bertz CT molecular complexity index is 470. The van der Waals surface area contributed by atoms with E-state index in [9.17, 15) is 0 Å². The van der Waals surface area contributed by atoms with Gasteiger partial charge in [0.05, 0.1) is 6.54 Å². The summed E-state index contributed by atoms with van der Waals surface area (Å²) in [5.41, 5.74) is 11.7. The molecule has 0 aliphatic heterocycles. The molecule has 0 aliphatic rings. The molecular formula is C11H12N4O. The Kier molecular flexibility index (Phi) is 2.98. The van der Waals surface area contributed by atoms with Crippen molar-refractivity contribution in [2.75, 3.05) is 5.73 Å². The lowest BCUT2D eigenvalue weighted by Gasteiger charge is -2.05. The second-order valence-electron chi connectivity index (χ2n) is 3.19. The van der Waals surface area contributed by atoms with Gasteiger partial charge in [0, 0.05) is 18.0 Å². The van der Waals surface area contributed by atoms with Gasteiger partial charge in [0.15, 0.2) is 0 Å². The second-order valence-corrected chi connectivity index (χ2v) is 3.19. The number of ether oxygens (including phenoxy) is 1. The van der Waals surface area contributed by atoms with Gasteiger partial charge >= 0.3 is 0 Å². The average molecular weight is 216 g/mol. The minimum atomic E-state index is 0.291. The standard InChI is InChI=1S/C11H12N4O/c12-7-10-14-6-5-11(15-10)16-9-3-1-8(13)2-4-9/h1-6H,7,12-13H2. The SMILES string of the molecule is NCc1nccc(Oc2ccc(N)cc2)n1. The van der Waals surface area contributed by atoms with Crippen molar-refractivity contribution in [2.24, 2.45) is 5.73 Å². The van der Waals surface area contributed by atoms with E-state index in [0.717, 1.165) is 0 Å². The maximum atomic E-state index is 5.57. The van der Waals surface area contributed by atoms with Crippen molar-refractivity contribution in [3.05, 3.63) is 42.4 Å². The molecule has 0 aliphatic carbocycles. The number of hydrogen-bond acceptors (Lipinski definition) is 5. The fourth-order valence-electron chi connectivity index (χ4n) is 1.19. The zero-order valence-corrected chi connectivity index (χ0v) is 8.63. The molecule has 1 aromatic heterocycles. The van der Waals surface area contributed by atoms with E-state index in [1.807, 2.05) is 0 Å². The van der Waals surface area contributed by atoms with Crippen LogP contribution in [0.25, 0.3) is 0 Å². The van der Waals surface area contributed by atoms with Crippen LogP contribution in [0.4, 0.5) is 5.69 Å². The van der Waals surface area contributed by atoms with Crippen LogP contribution < -0.4 is 16.2 Å². The van der Waals surface area contributed by atoms with Gasteiger partial charge in [0.2, 0.25) is 5.88 Å². The first-order valence-corrected chi connectivity index (χ1v) is 4.83. The molecule has 1 aromatic carbocycles. The molecule has 5 heteroatoms. The minimum absolute atomic E-state index is 0.291. The highest BCUT2D eigenvalue weighted by Gasteiger charge is 2.00. The topological polar surface area (TPSA) is 87.0 Å². The van der Waals surface area contributed by atoms with E-state index < -0.39 is 0 Å². The Morgan fingerprint density at radius 3 is 2.56 bits per heavy atom. The van der Waals surface area contributed by atoms with Crippen LogP contribution in [-0.4, -0.2) is 9.97 Å². The molecular weight excluding hydrogens is 204 g/mol. The van der Waals surface area contributed by atoms with Gasteiger partial charge < -0.3 is 16.2 Å². The maximum Gasteiger partial charge on any atom is 0.222 e. The molecule has 4 N–H and O–H groups in total. The molecule has 0 spiro atoms. The molecule has 16 heavy (non-hydrogen) atoms. The Hall–Kier alpha value is -2.14. The van der Waals surface area contributed by atoms with Gasteiger partial charge in [0.25, 0.3) is 0 Å². The third kappa shape index (κ3) is 2.46. The fraction of sp³-hybridized carbons (Fsp3) is 0.0909. The number of rotatable bonds is 3. The quantitative estimate of drug-likeness (QED) is 0.755. The highest BCUT2D eigenvalue weighted by molar-refractivity contribution is 5.42. The summed E-state index contributed by atoms with van der Waals surface area (Å²) < 4.78 is 5.51. The fourth-order valence-corrected chi connectivity index (χ4v) is 1.19. The van der Waals surface area contributed by atoms with E-state index >= 15 is 0 Å². The van der Waals surface area contributed by atoms with Crippen molar-refractivity contribution in [1.82, 2.24) is 9.97 Å². The summed E-state index contributed by atoms with van der Waals surface area (Å²) in [6.07, 6.45) is 1.61. The molecule has 0 amide bonds. The number of nitrogen functional groups attached to an aromatic ring is 1. The first-order chi connectivity index (χ1) is 7.78. The Labute approximate surface area is 93.1 Å². The molecule has 0 saturated heterocycles. The summed E-state index contributed by atoms with van der Waals surface area (Å²) in [5, 5.41) is 0. The van der Waals surface area contributed by atoms with Crippen LogP contribution in [0.5, 0.6) is 11.6 Å². The number of hydrogen-bond donors (Lipinski definition) is 2. The average Bonchev–Trinajstić information content (AvgIpc) is 2.32. The van der Waals surface area contributed by atoms with Crippen LogP contribution >= 0.6 is 0 Å². The molecule has 82 valence electrons. The number of nitrogens with zero attached hydrogens (tertiary/aromatic N) is 2. The number of nitrogens with two attached hydrogens (primary N) is 2. The summed E-state index contributed by atoms with van der Waals surface area (Å²) in [5.74, 6) is 1.70. The van der Waals surface area contributed by atoms with Gasteiger partial charge in [-0.2, -0.15) is 4.98 Å². The summed E-state index contributed by atoms with van der Waals surface area (Å²) in [6, 6.07) is 8.76. The van der Waals surface area contributed by atoms with Gasteiger partial charge in [0.1, 0.15) is 11.6 Å². The van der Waals surface area contributed by atoms with Crippen molar-refractivity contribution in [2.45, 2.75) is 6.54 Å². The normalized spacial score (nSPS) is 10.1. The van der Waals surface area contributed by atoms with Crippen LogP contribution in [0, 0.1) is 0 Å². The van der Waals surface area contributed by atoms with Gasteiger partial charge in [-0.15, -0.1) is 0 Å². The first kappa shape index (κ1) is 10.4. The van der Waals surface area contributed by atoms with Crippen molar-refractivity contribution < 1.29 is 4.74 Å². The smallest absolute Gasteiger partial charge is 0.222 e. The van der Waals surface area contributed by atoms with Crippen LogP contribution in [0.1, 0.15) is 5.82 Å². The highest BCUT2D eigenvalue weighted by atomic mass is 16.5. The molecule has 0 saturated carbocycles. The van der Waals surface area contributed by atoms with Crippen molar-refractivity contribution in [1.29, 1.82) is 0 Å². The molecule has 0 fully saturated rings. The summed E-state index contributed by atoms with van der Waals surface area (Å²) in [7, 11) is 0. The van der Waals surface area contributed by atoms with E-state index in [0.29, 0.717) is 29.7 Å². The zero-order chi connectivity index (χ0) is 11.4. The summed E-state index contributed by atoms with van der Waals surface area (Å²) in [6.45, 7) is 0.291. The molecule has 1 heterocycles. The number of anilines is 1. The lowest BCUT2D eigenvalue weighted by atomic mass is 10.3. The van der Waals surface area contributed by atoms with Crippen LogP contribution in [0.2, 0.25) is 0 Å². The lowest BCUT2D eigenvalue weighted by Crippen LogP contribution is -2.03. The molecule has 0 bridgehead atoms. The van der Waals surface area contributed by atoms with Crippen LogP contribution in [0.15, 0.2) is 36.5 Å². The van der Waals surface area contributed by atoms with E-state index in [1.54, 1.807) is 36.5 Å². The molecule has 5 nitrogen and oxygen atoms in total. The van der Waals surface area contributed by atoms with Crippen molar-refractivity contribution in [3.8, 4) is 11.6 Å². The second kappa shape index (κ2) is 4.59. The van der Waals surface area contributed by atoms with E-state index in [-0.39, 0.29) is 0 Å². The van der Waals surface area contributed by atoms with Crippen LogP contribution in [0.3, 0.4) is 0 Å². The molecule has 2 aromatic rings. The van der Waals surface area contributed by atoms with E-state index in [1.165, 1.54) is 0 Å². The molecule has 2 rings (SSSR count). The predicted octanol–water partition coefficient (Wildman–Crippen LogP) is 1.31. The van der Waals surface area contributed by atoms with Gasteiger partial charge in [-0.1, -0.05) is 0 Å². The van der Waals surface area contributed by atoms with Gasteiger partial charge in [-0.25, -0.2) is 4.98 Å². The van der Waals surface area contributed by atoms with Gasteiger partial charge in [-0.05, 0) is 24.3 Å². The Balaban J connectivity index is 2.16. The monoisotopic (exact) mass is 216 g/mol. The summed E-state index contributed by atoms with van der Waals surface area (Å²) >= 11 is 0.